The normalized spacial score (nSPS) is 23.0. The zero-order valence-electron chi connectivity index (χ0n) is 10.1. The highest BCUT2D eigenvalue weighted by Gasteiger charge is 2.32. The van der Waals surface area contributed by atoms with Crippen LogP contribution in [0.15, 0.2) is 0 Å². The summed E-state index contributed by atoms with van der Waals surface area (Å²) in [4.78, 5) is 23.0. The maximum atomic E-state index is 12.0. The van der Waals surface area contributed by atoms with Crippen LogP contribution in [0.4, 0.5) is 5.00 Å². The van der Waals surface area contributed by atoms with Gasteiger partial charge in [-0.25, -0.2) is 4.79 Å². The van der Waals surface area contributed by atoms with Gasteiger partial charge in [-0.05, 0) is 30.8 Å². The second-order valence-corrected chi connectivity index (χ2v) is 5.10. The fraction of sp³-hybridized carbons (Fsp3) is 0.545. The average Bonchev–Trinajstić information content (AvgIpc) is 2.85. The number of carbonyl (C=O) groups is 2. The first-order valence-electron chi connectivity index (χ1n) is 5.62. The second kappa shape index (κ2) is 5.03. The van der Waals surface area contributed by atoms with Gasteiger partial charge in [-0.15, -0.1) is 0 Å². The molecule has 1 fully saturated rings. The van der Waals surface area contributed by atoms with Crippen molar-refractivity contribution in [2.75, 3.05) is 11.9 Å². The van der Waals surface area contributed by atoms with Gasteiger partial charge in [-0.2, -0.15) is 4.37 Å². The van der Waals surface area contributed by atoms with Gasteiger partial charge in [0.15, 0.2) is 0 Å². The number of hydrogen-bond donors (Lipinski definition) is 2. The van der Waals surface area contributed by atoms with Crippen molar-refractivity contribution in [3.8, 4) is 0 Å². The second-order valence-electron chi connectivity index (χ2n) is 4.32. The Bertz CT molecular complexity index is 485. The predicted molar refractivity (Wildman–Crippen MR) is 66.0 cm³/mol. The zero-order chi connectivity index (χ0) is 13.3. The van der Waals surface area contributed by atoms with Crippen LogP contribution >= 0.6 is 11.5 Å². The summed E-state index contributed by atoms with van der Waals surface area (Å²) in [5, 5.41) is 11.9. The molecule has 0 saturated carbocycles. The highest BCUT2D eigenvalue weighted by atomic mass is 32.1. The lowest BCUT2D eigenvalue weighted by Gasteiger charge is -2.13. The highest BCUT2D eigenvalue weighted by Crippen LogP contribution is 2.27. The third kappa shape index (κ3) is 2.37. The van der Waals surface area contributed by atoms with Gasteiger partial charge in [0, 0.05) is 6.61 Å². The molecule has 6 nitrogen and oxygen atoms in total. The monoisotopic (exact) mass is 270 g/mol. The largest absolute Gasteiger partial charge is 0.478 e. The molecule has 7 heteroatoms. The number of carboxylic acid groups (broad SMARTS) is 1. The summed E-state index contributed by atoms with van der Waals surface area (Å²) in [5.41, 5.74) is 0.460. The molecule has 0 bridgehead atoms. The summed E-state index contributed by atoms with van der Waals surface area (Å²) >= 11 is 0.975. The topological polar surface area (TPSA) is 88.5 Å². The van der Waals surface area contributed by atoms with E-state index in [-0.39, 0.29) is 22.4 Å². The lowest BCUT2D eigenvalue weighted by atomic mass is 10.0. The van der Waals surface area contributed by atoms with Crippen LogP contribution in [-0.2, 0) is 9.53 Å². The Morgan fingerprint density at radius 2 is 2.28 bits per heavy atom. The summed E-state index contributed by atoms with van der Waals surface area (Å²) < 4.78 is 9.27. The van der Waals surface area contributed by atoms with E-state index in [1.165, 1.54) is 0 Å². The molecule has 0 spiro atoms. The van der Waals surface area contributed by atoms with Gasteiger partial charge < -0.3 is 15.2 Å². The number of aryl methyl sites for hydroxylation is 1. The third-order valence-corrected chi connectivity index (χ3v) is 3.81. The SMILES string of the molecule is Cc1nsc(NC(=O)C2OCCC2C)c1C(=O)O. The van der Waals surface area contributed by atoms with E-state index in [9.17, 15) is 9.59 Å². The number of hydrogen-bond acceptors (Lipinski definition) is 5. The molecule has 2 unspecified atom stereocenters. The minimum atomic E-state index is -1.09. The molecule has 1 aromatic heterocycles. The van der Waals surface area contributed by atoms with Crippen molar-refractivity contribution in [2.45, 2.75) is 26.4 Å². The van der Waals surface area contributed by atoms with Crippen LogP contribution in [0.3, 0.4) is 0 Å². The molecule has 1 saturated heterocycles. The molecule has 98 valence electrons. The van der Waals surface area contributed by atoms with Crippen molar-refractivity contribution >= 4 is 28.4 Å². The van der Waals surface area contributed by atoms with Gasteiger partial charge in [0.05, 0.1) is 5.69 Å². The van der Waals surface area contributed by atoms with Gasteiger partial charge in [0.2, 0.25) is 0 Å². The van der Waals surface area contributed by atoms with Gasteiger partial charge in [0.25, 0.3) is 5.91 Å². The number of rotatable bonds is 3. The van der Waals surface area contributed by atoms with Crippen LogP contribution in [0.2, 0.25) is 0 Å². The standard InChI is InChI=1S/C11H14N2O4S/c1-5-3-4-17-8(5)9(14)12-10-7(11(15)16)6(2)13-18-10/h5,8H,3-4H2,1-2H3,(H,12,14)(H,15,16). The third-order valence-electron chi connectivity index (χ3n) is 2.96. The first-order chi connectivity index (χ1) is 8.50. The first-order valence-corrected chi connectivity index (χ1v) is 6.40. The van der Waals surface area contributed by atoms with Crippen molar-refractivity contribution < 1.29 is 19.4 Å². The molecule has 2 atom stereocenters. The van der Waals surface area contributed by atoms with Crippen LogP contribution in [0, 0.1) is 12.8 Å². The van der Waals surface area contributed by atoms with E-state index in [0.717, 1.165) is 18.0 Å². The lowest BCUT2D eigenvalue weighted by molar-refractivity contribution is -0.126. The predicted octanol–water partition coefficient (Wildman–Crippen LogP) is 1.51. The minimum absolute atomic E-state index is 0.0546. The van der Waals surface area contributed by atoms with Gasteiger partial charge in [0.1, 0.15) is 16.7 Å². The molecule has 1 aliphatic heterocycles. The van der Waals surface area contributed by atoms with Crippen molar-refractivity contribution in [3.05, 3.63) is 11.3 Å². The highest BCUT2D eigenvalue weighted by molar-refractivity contribution is 7.11. The Hall–Kier alpha value is -1.47. The molecule has 0 aromatic carbocycles. The van der Waals surface area contributed by atoms with Crippen molar-refractivity contribution in [1.29, 1.82) is 0 Å². The number of carbonyl (C=O) groups excluding carboxylic acids is 1. The fourth-order valence-corrected chi connectivity index (χ4v) is 2.71. The summed E-state index contributed by atoms with van der Waals surface area (Å²) in [5.74, 6) is -1.24. The van der Waals surface area contributed by atoms with E-state index < -0.39 is 12.1 Å². The van der Waals surface area contributed by atoms with Crippen LogP contribution in [-0.4, -0.2) is 34.1 Å². The number of aromatic nitrogens is 1. The van der Waals surface area contributed by atoms with Crippen molar-refractivity contribution in [2.24, 2.45) is 5.92 Å². The minimum Gasteiger partial charge on any atom is -0.478 e. The Morgan fingerprint density at radius 1 is 1.56 bits per heavy atom. The lowest BCUT2D eigenvalue weighted by Crippen LogP contribution is -2.31. The van der Waals surface area contributed by atoms with Gasteiger partial charge in [-0.1, -0.05) is 6.92 Å². The maximum absolute atomic E-state index is 12.0. The Balaban J connectivity index is 2.14. The zero-order valence-corrected chi connectivity index (χ0v) is 10.9. The van der Waals surface area contributed by atoms with E-state index in [0.29, 0.717) is 12.3 Å². The molecule has 2 rings (SSSR count). The van der Waals surface area contributed by atoms with Crippen molar-refractivity contribution in [3.63, 3.8) is 0 Å². The average molecular weight is 270 g/mol. The number of nitrogens with zero attached hydrogens (tertiary/aromatic N) is 1. The summed E-state index contributed by atoms with van der Waals surface area (Å²) in [6.07, 6.45) is 0.333. The van der Waals surface area contributed by atoms with E-state index in [4.69, 9.17) is 9.84 Å². The molecule has 2 N–H and O–H groups in total. The molecule has 1 aliphatic rings. The van der Waals surface area contributed by atoms with E-state index in [1.807, 2.05) is 6.92 Å². The molecular weight excluding hydrogens is 256 g/mol. The quantitative estimate of drug-likeness (QED) is 0.869. The molecule has 0 radical (unpaired) electrons. The first kappa shape index (κ1) is 13.0. The van der Waals surface area contributed by atoms with E-state index in [1.54, 1.807) is 6.92 Å². The molecule has 1 amide bonds. The van der Waals surface area contributed by atoms with Crippen LogP contribution in [0.5, 0.6) is 0 Å². The summed E-state index contributed by atoms with van der Waals surface area (Å²) in [6.45, 7) is 4.10. The number of carboxylic acids is 1. The Kier molecular flexibility index (Phi) is 3.63. The summed E-state index contributed by atoms with van der Waals surface area (Å²) in [7, 11) is 0. The van der Waals surface area contributed by atoms with Gasteiger partial charge >= 0.3 is 5.97 Å². The Labute approximate surface area is 108 Å². The van der Waals surface area contributed by atoms with Crippen LogP contribution < -0.4 is 5.32 Å². The van der Waals surface area contributed by atoms with Crippen LogP contribution in [0.1, 0.15) is 29.4 Å². The number of amides is 1. The van der Waals surface area contributed by atoms with E-state index >= 15 is 0 Å². The number of ether oxygens (including phenoxy) is 1. The maximum Gasteiger partial charge on any atom is 0.340 e. The molecular formula is C11H14N2O4S. The summed E-state index contributed by atoms with van der Waals surface area (Å²) in [6, 6.07) is 0. The number of nitrogens with one attached hydrogen (secondary N) is 1. The number of anilines is 1. The van der Waals surface area contributed by atoms with Gasteiger partial charge in [-0.3, -0.25) is 4.79 Å². The smallest absolute Gasteiger partial charge is 0.340 e. The Morgan fingerprint density at radius 3 is 2.83 bits per heavy atom. The molecule has 18 heavy (non-hydrogen) atoms. The van der Waals surface area contributed by atoms with Crippen molar-refractivity contribution in [1.82, 2.24) is 4.37 Å². The number of aromatic carboxylic acids is 1. The van der Waals surface area contributed by atoms with Crippen LogP contribution in [0.25, 0.3) is 0 Å². The molecule has 0 aliphatic carbocycles. The molecule has 1 aromatic rings. The fourth-order valence-electron chi connectivity index (χ4n) is 1.92. The van der Waals surface area contributed by atoms with E-state index in [2.05, 4.69) is 9.69 Å². The molecule has 2 heterocycles.